The second kappa shape index (κ2) is 16.2. The van der Waals surface area contributed by atoms with E-state index >= 15 is 0 Å². The summed E-state index contributed by atoms with van der Waals surface area (Å²) < 4.78 is 11.8. The van der Waals surface area contributed by atoms with Crippen LogP contribution in [0, 0.1) is 0 Å². The van der Waals surface area contributed by atoms with Crippen molar-refractivity contribution in [2.75, 3.05) is 5.32 Å². The van der Waals surface area contributed by atoms with Crippen molar-refractivity contribution in [1.82, 2.24) is 4.57 Å². The van der Waals surface area contributed by atoms with Crippen LogP contribution in [0.5, 0.6) is 0 Å². The number of furan rings is 1. The third-order valence-electron chi connectivity index (χ3n) is 16.6. The third kappa shape index (κ3) is 6.99. The Morgan fingerprint density at radius 3 is 1.96 bits per heavy atom. The second-order valence-corrected chi connectivity index (χ2v) is 24.7. The SMILES string of the molecule is CC(C)(C)c1ccc(Nc2cc3c(cc2-c2ccc4c5cc6c(cc5n5c4c2[B]c2sc4ccc(C(C)(C)C)cc4c2-5)oc2ccccc26)-c2ccc(CC(c4ccccc4)c4ccccc4)cc2C3(C)C)cc1. The minimum Gasteiger partial charge on any atom is -0.456 e. The average Bonchev–Trinajstić information content (AvgIpc) is 4.11. The Balaban J connectivity index is 0.990. The molecule has 5 heteroatoms. The van der Waals surface area contributed by atoms with Gasteiger partial charge in [-0.15, -0.1) is 11.3 Å². The van der Waals surface area contributed by atoms with Crippen LogP contribution in [-0.4, -0.2) is 11.8 Å². The molecule has 0 saturated carbocycles. The third-order valence-corrected chi connectivity index (χ3v) is 17.7. The van der Waals surface area contributed by atoms with Gasteiger partial charge in [0.1, 0.15) is 11.2 Å². The minimum absolute atomic E-state index is 0.00646. The Hall–Kier alpha value is -7.60. The van der Waals surface area contributed by atoms with Crippen LogP contribution in [0.25, 0.3) is 81.8 Å². The van der Waals surface area contributed by atoms with Gasteiger partial charge in [-0.1, -0.05) is 183 Å². The molecule has 3 aromatic heterocycles. The maximum absolute atomic E-state index is 6.64. The average molecular weight is 974 g/mol. The maximum Gasteiger partial charge on any atom is 0.211 e. The highest BCUT2D eigenvalue weighted by atomic mass is 32.1. The van der Waals surface area contributed by atoms with Gasteiger partial charge in [0.2, 0.25) is 7.28 Å². The number of anilines is 2. The number of hydrogen-bond acceptors (Lipinski definition) is 3. The molecule has 1 radical (unpaired) electrons. The van der Waals surface area contributed by atoms with Crippen molar-refractivity contribution in [1.29, 1.82) is 0 Å². The lowest BCUT2D eigenvalue weighted by molar-refractivity contribution is 0.590. The number of para-hydroxylation sites is 1. The quantitative estimate of drug-likeness (QED) is 0.161. The van der Waals surface area contributed by atoms with E-state index in [0.717, 1.165) is 39.7 Å². The van der Waals surface area contributed by atoms with E-state index in [1.165, 1.54) is 109 Å². The maximum atomic E-state index is 6.64. The van der Waals surface area contributed by atoms with Crippen molar-refractivity contribution in [3.05, 3.63) is 221 Å². The van der Waals surface area contributed by atoms with Crippen LogP contribution in [0.1, 0.15) is 100 Å². The lowest BCUT2D eigenvalue weighted by Gasteiger charge is -2.26. The van der Waals surface area contributed by atoms with Crippen molar-refractivity contribution >= 4 is 94.1 Å². The smallest absolute Gasteiger partial charge is 0.211 e. The predicted octanol–water partition coefficient (Wildman–Crippen LogP) is 17.6. The van der Waals surface area contributed by atoms with E-state index in [4.69, 9.17) is 4.42 Å². The molecule has 1 aliphatic carbocycles. The van der Waals surface area contributed by atoms with E-state index in [9.17, 15) is 0 Å². The van der Waals surface area contributed by atoms with E-state index in [2.05, 4.69) is 255 Å². The summed E-state index contributed by atoms with van der Waals surface area (Å²) in [6, 6.07) is 68.5. The Labute approximate surface area is 438 Å². The molecule has 3 nitrogen and oxygen atoms in total. The minimum atomic E-state index is -0.240. The van der Waals surface area contributed by atoms with Gasteiger partial charge in [-0.25, -0.2) is 0 Å². The van der Waals surface area contributed by atoms with Gasteiger partial charge in [-0.05, 0) is 132 Å². The van der Waals surface area contributed by atoms with Crippen LogP contribution in [0.3, 0.4) is 0 Å². The Bertz CT molecular complexity index is 4210. The monoisotopic (exact) mass is 973 g/mol. The first-order chi connectivity index (χ1) is 35.7. The lowest BCUT2D eigenvalue weighted by Crippen LogP contribution is -2.35. The summed E-state index contributed by atoms with van der Waals surface area (Å²) in [5, 5.41) is 10.1. The zero-order valence-electron chi connectivity index (χ0n) is 43.4. The van der Waals surface area contributed by atoms with E-state index in [0.29, 0.717) is 0 Å². The van der Waals surface area contributed by atoms with Gasteiger partial charge in [-0.2, -0.15) is 0 Å². The van der Waals surface area contributed by atoms with Gasteiger partial charge in [0, 0.05) is 71.5 Å². The molecule has 1 N–H and O–H groups in total. The number of nitrogens with one attached hydrogen (secondary N) is 1. The molecule has 4 heterocycles. The van der Waals surface area contributed by atoms with Crippen LogP contribution in [0.2, 0.25) is 0 Å². The van der Waals surface area contributed by atoms with Crippen LogP contribution >= 0.6 is 11.3 Å². The van der Waals surface area contributed by atoms with Crippen LogP contribution in [0.4, 0.5) is 11.4 Å². The molecular formula is C69H58BN2OS. The molecule has 0 bridgehead atoms. The topological polar surface area (TPSA) is 30.1 Å². The highest BCUT2D eigenvalue weighted by molar-refractivity contribution is 7.29. The van der Waals surface area contributed by atoms with Gasteiger partial charge in [-0.3, -0.25) is 0 Å². The van der Waals surface area contributed by atoms with E-state index < -0.39 is 0 Å². The fraction of sp³-hybridized carbons (Fsp3) is 0.188. The standard InChI is InChI=1S/C69H58BN2OS/c1-67(2,3)43-24-27-45(28-25-43)71-58-38-57-51(46-29-23-40(34-56(46)69(57,7)8)33-50(41-17-11-9-12-18-41)42-19-13-10-14-20-42)36-52(58)48-30-31-49-53-37-54-47-21-15-16-22-60(47)73-61(54)39-59(53)72-64(49)63(48)70-66-65(72)55-35-44(68(4,5)6)26-32-62(55)74-66/h9-32,34-39,50,71H,33H2,1-8H3. The van der Waals surface area contributed by atoms with Gasteiger partial charge in [0.25, 0.3) is 0 Å². The second-order valence-electron chi connectivity index (χ2n) is 23.6. The molecule has 0 fully saturated rings. The van der Waals surface area contributed by atoms with Crippen molar-refractivity contribution in [3.8, 4) is 27.9 Å². The zero-order valence-corrected chi connectivity index (χ0v) is 44.3. The summed E-state index contributed by atoms with van der Waals surface area (Å²) in [6.45, 7) is 18.6. The molecule has 0 saturated heterocycles. The van der Waals surface area contributed by atoms with Gasteiger partial charge >= 0.3 is 0 Å². The number of fused-ring (bicyclic) bond motifs is 13. The fourth-order valence-electron chi connectivity index (χ4n) is 12.5. The molecule has 0 atom stereocenters. The Morgan fingerprint density at radius 1 is 0.554 bits per heavy atom. The molecule has 12 aromatic rings. The highest BCUT2D eigenvalue weighted by Crippen LogP contribution is 2.53. The lowest BCUT2D eigenvalue weighted by atomic mass is 9.63. The molecule has 0 amide bonds. The molecule has 0 spiro atoms. The highest BCUT2D eigenvalue weighted by Gasteiger charge is 2.38. The number of benzene rings is 9. The van der Waals surface area contributed by atoms with Crippen LogP contribution < -0.4 is 15.6 Å². The summed E-state index contributed by atoms with van der Waals surface area (Å²) >= 11 is 1.90. The van der Waals surface area contributed by atoms with E-state index in [1.807, 2.05) is 11.3 Å². The molecular weight excluding hydrogens is 916 g/mol. The normalized spacial score (nSPS) is 13.8. The molecule has 359 valence electrons. The molecule has 0 unspecified atom stereocenters. The predicted molar refractivity (Wildman–Crippen MR) is 317 cm³/mol. The molecule has 74 heavy (non-hydrogen) atoms. The molecule has 1 aliphatic heterocycles. The van der Waals surface area contributed by atoms with Gasteiger partial charge in [0.05, 0.1) is 11.2 Å². The van der Waals surface area contributed by atoms with Crippen molar-refractivity contribution < 1.29 is 4.42 Å². The van der Waals surface area contributed by atoms with E-state index in [1.54, 1.807) is 0 Å². The van der Waals surface area contributed by atoms with Gasteiger partial charge in [0.15, 0.2) is 0 Å². The Morgan fingerprint density at radius 2 is 1.23 bits per heavy atom. The van der Waals surface area contributed by atoms with Crippen LogP contribution in [0.15, 0.2) is 186 Å². The first-order valence-corrected chi connectivity index (χ1v) is 27.1. The molecule has 2 aliphatic rings. The van der Waals surface area contributed by atoms with E-state index in [-0.39, 0.29) is 22.2 Å². The van der Waals surface area contributed by atoms with Gasteiger partial charge < -0.3 is 14.3 Å². The summed E-state index contributed by atoms with van der Waals surface area (Å²) in [5.41, 5.74) is 23.2. The van der Waals surface area contributed by atoms with Crippen molar-refractivity contribution in [3.63, 3.8) is 0 Å². The molecule has 9 aromatic carbocycles. The number of hydrogen-bond donors (Lipinski definition) is 1. The summed E-state index contributed by atoms with van der Waals surface area (Å²) in [6.07, 6.45) is 0.919. The largest absolute Gasteiger partial charge is 0.456 e. The number of thiophene rings is 1. The first kappa shape index (κ1) is 45.1. The summed E-state index contributed by atoms with van der Waals surface area (Å²) in [4.78, 5) is 0. The van der Waals surface area contributed by atoms with Crippen molar-refractivity contribution in [2.24, 2.45) is 0 Å². The number of nitrogens with zero attached hydrogens (tertiary/aromatic N) is 1. The number of rotatable bonds is 7. The fourth-order valence-corrected chi connectivity index (χ4v) is 13.6. The van der Waals surface area contributed by atoms with Crippen LogP contribution in [-0.2, 0) is 22.7 Å². The zero-order chi connectivity index (χ0) is 50.4. The number of aromatic nitrogens is 1. The van der Waals surface area contributed by atoms with Crippen molar-refractivity contribution in [2.45, 2.75) is 84.0 Å². The Kier molecular flexibility index (Phi) is 9.86. The summed E-state index contributed by atoms with van der Waals surface area (Å²) in [7, 11) is 2.50. The summed E-state index contributed by atoms with van der Waals surface area (Å²) in [5.74, 6) is 0.250. The molecule has 14 rings (SSSR count). The first-order valence-electron chi connectivity index (χ1n) is 26.3.